The first-order valence-electron chi connectivity index (χ1n) is 6.85. The topological polar surface area (TPSA) is 92.4 Å². The maximum absolute atomic E-state index is 12.3. The van der Waals surface area contributed by atoms with E-state index in [9.17, 15) is 14.7 Å². The number of aromatic nitrogens is 1. The van der Waals surface area contributed by atoms with E-state index in [1.165, 1.54) is 0 Å². The van der Waals surface area contributed by atoms with Crippen LogP contribution in [0.2, 0.25) is 0 Å². The van der Waals surface area contributed by atoms with Crippen molar-refractivity contribution in [3.05, 3.63) is 17.0 Å². The van der Waals surface area contributed by atoms with Gasteiger partial charge in [-0.05, 0) is 19.8 Å². The molecule has 110 valence electrons. The molecule has 0 aromatic carbocycles. The number of carboxylic acids is 1. The van der Waals surface area contributed by atoms with E-state index in [0.29, 0.717) is 29.9 Å². The summed E-state index contributed by atoms with van der Waals surface area (Å²) in [7, 11) is 0. The van der Waals surface area contributed by atoms with Crippen molar-refractivity contribution in [2.45, 2.75) is 46.0 Å². The smallest absolute Gasteiger partial charge is 0.311 e. The third kappa shape index (κ3) is 2.42. The molecule has 1 aliphatic carbocycles. The second-order valence-corrected chi connectivity index (χ2v) is 5.78. The zero-order chi connectivity index (χ0) is 14.9. The van der Waals surface area contributed by atoms with Crippen molar-refractivity contribution >= 4 is 11.9 Å². The molecule has 0 aliphatic heterocycles. The van der Waals surface area contributed by atoms with Gasteiger partial charge in [-0.3, -0.25) is 9.59 Å². The van der Waals surface area contributed by atoms with E-state index in [2.05, 4.69) is 10.5 Å². The average Bonchev–Trinajstić information content (AvgIpc) is 2.69. The standard InChI is InChI=1S/C14H20N2O4/c1-8(2)11-10(9(3)16-20-11)12(17)15-7-14(13(18)19)5-4-6-14/h8H,4-7H2,1-3H3,(H,15,17)(H,18,19). The number of hydrogen-bond acceptors (Lipinski definition) is 4. The lowest BCUT2D eigenvalue weighted by atomic mass is 9.69. The van der Waals surface area contributed by atoms with Crippen LogP contribution in [0.25, 0.3) is 0 Å². The fourth-order valence-corrected chi connectivity index (χ4v) is 2.47. The van der Waals surface area contributed by atoms with Crippen LogP contribution < -0.4 is 5.32 Å². The molecule has 2 rings (SSSR count). The first-order valence-corrected chi connectivity index (χ1v) is 6.85. The molecule has 1 amide bonds. The molecule has 0 unspecified atom stereocenters. The summed E-state index contributed by atoms with van der Waals surface area (Å²) in [6.07, 6.45) is 2.12. The maximum Gasteiger partial charge on any atom is 0.311 e. The summed E-state index contributed by atoms with van der Waals surface area (Å²) < 4.78 is 5.17. The zero-order valence-electron chi connectivity index (χ0n) is 12.0. The minimum Gasteiger partial charge on any atom is -0.481 e. The first-order chi connectivity index (χ1) is 9.37. The van der Waals surface area contributed by atoms with Crippen molar-refractivity contribution in [3.63, 3.8) is 0 Å². The van der Waals surface area contributed by atoms with Crippen LogP contribution >= 0.6 is 0 Å². The van der Waals surface area contributed by atoms with E-state index in [1.807, 2.05) is 13.8 Å². The molecule has 0 atom stereocenters. The van der Waals surface area contributed by atoms with Crippen LogP contribution in [0, 0.1) is 12.3 Å². The number of aliphatic carboxylic acids is 1. The third-order valence-corrected chi connectivity index (χ3v) is 3.99. The number of amides is 1. The lowest BCUT2D eigenvalue weighted by Gasteiger charge is -2.37. The van der Waals surface area contributed by atoms with E-state index in [0.717, 1.165) is 6.42 Å². The Labute approximate surface area is 117 Å². The summed E-state index contributed by atoms with van der Waals surface area (Å²) >= 11 is 0. The highest BCUT2D eigenvalue weighted by Gasteiger charge is 2.44. The van der Waals surface area contributed by atoms with E-state index >= 15 is 0 Å². The zero-order valence-corrected chi connectivity index (χ0v) is 12.0. The molecular weight excluding hydrogens is 260 g/mol. The molecule has 1 aliphatic rings. The average molecular weight is 280 g/mol. The highest BCUT2D eigenvalue weighted by atomic mass is 16.5. The van der Waals surface area contributed by atoms with Gasteiger partial charge in [0.2, 0.25) is 0 Å². The summed E-state index contributed by atoms with van der Waals surface area (Å²) in [4.78, 5) is 23.5. The summed E-state index contributed by atoms with van der Waals surface area (Å²) in [5.74, 6) is -0.554. The number of nitrogens with one attached hydrogen (secondary N) is 1. The van der Waals surface area contributed by atoms with Gasteiger partial charge < -0.3 is 14.9 Å². The molecule has 0 spiro atoms. The first kappa shape index (κ1) is 14.6. The SMILES string of the molecule is Cc1noc(C(C)C)c1C(=O)NCC1(C(=O)O)CCC1. The second-order valence-electron chi connectivity index (χ2n) is 5.78. The quantitative estimate of drug-likeness (QED) is 0.861. The van der Waals surface area contributed by atoms with Gasteiger partial charge in [-0.1, -0.05) is 25.4 Å². The molecule has 1 fully saturated rings. The fourth-order valence-electron chi connectivity index (χ4n) is 2.47. The van der Waals surface area contributed by atoms with Crippen LogP contribution in [0.1, 0.15) is 60.8 Å². The monoisotopic (exact) mass is 280 g/mol. The van der Waals surface area contributed by atoms with Crippen LogP contribution in [0.4, 0.5) is 0 Å². The molecule has 0 bridgehead atoms. The molecule has 6 heteroatoms. The summed E-state index contributed by atoms with van der Waals surface area (Å²) in [6, 6.07) is 0. The molecular formula is C14H20N2O4. The van der Waals surface area contributed by atoms with Gasteiger partial charge in [0, 0.05) is 12.5 Å². The second kappa shape index (κ2) is 5.26. The molecule has 1 saturated carbocycles. The Morgan fingerprint density at radius 3 is 2.55 bits per heavy atom. The number of carbonyl (C=O) groups excluding carboxylic acids is 1. The Morgan fingerprint density at radius 1 is 1.45 bits per heavy atom. The number of nitrogens with zero attached hydrogens (tertiary/aromatic N) is 1. The van der Waals surface area contributed by atoms with Gasteiger partial charge in [0.05, 0.1) is 11.1 Å². The van der Waals surface area contributed by atoms with Gasteiger partial charge in [0.25, 0.3) is 5.91 Å². The van der Waals surface area contributed by atoms with Crippen LogP contribution in [-0.4, -0.2) is 28.7 Å². The van der Waals surface area contributed by atoms with Crippen molar-refractivity contribution in [1.29, 1.82) is 0 Å². The van der Waals surface area contributed by atoms with Crippen molar-refractivity contribution in [2.75, 3.05) is 6.54 Å². The predicted octanol–water partition coefficient (Wildman–Crippen LogP) is 2.09. The Kier molecular flexibility index (Phi) is 3.83. The van der Waals surface area contributed by atoms with Crippen LogP contribution in [0.5, 0.6) is 0 Å². The Morgan fingerprint density at radius 2 is 2.10 bits per heavy atom. The molecule has 0 radical (unpaired) electrons. The molecule has 0 saturated heterocycles. The number of rotatable bonds is 5. The highest BCUT2D eigenvalue weighted by molar-refractivity contribution is 5.96. The molecule has 20 heavy (non-hydrogen) atoms. The van der Waals surface area contributed by atoms with Gasteiger partial charge in [-0.25, -0.2) is 0 Å². The lowest BCUT2D eigenvalue weighted by Crippen LogP contribution is -2.47. The normalized spacial score (nSPS) is 16.8. The van der Waals surface area contributed by atoms with Crippen LogP contribution in [0.3, 0.4) is 0 Å². The Balaban J connectivity index is 2.09. The van der Waals surface area contributed by atoms with Gasteiger partial charge in [-0.15, -0.1) is 0 Å². The van der Waals surface area contributed by atoms with Crippen LogP contribution in [-0.2, 0) is 4.79 Å². The Hall–Kier alpha value is -1.85. The number of carboxylic acid groups (broad SMARTS) is 1. The van der Waals surface area contributed by atoms with E-state index < -0.39 is 11.4 Å². The fraction of sp³-hybridized carbons (Fsp3) is 0.643. The third-order valence-electron chi connectivity index (χ3n) is 3.99. The van der Waals surface area contributed by atoms with Gasteiger partial charge in [0.15, 0.2) is 5.76 Å². The Bertz CT molecular complexity index is 529. The highest BCUT2D eigenvalue weighted by Crippen LogP contribution is 2.40. The molecule has 1 heterocycles. The minimum atomic E-state index is -0.838. The van der Waals surface area contributed by atoms with E-state index in [1.54, 1.807) is 6.92 Å². The summed E-state index contributed by atoms with van der Waals surface area (Å²) in [5, 5.41) is 15.8. The summed E-state index contributed by atoms with van der Waals surface area (Å²) in [6.45, 7) is 5.70. The number of hydrogen-bond donors (Lipinski definition) is 2. The predicted molar refractivity (Wildman–Crippen MR) is 71.6 cm³/mol. The number of carbonyl (C=O) groups is 2. The molecule has 6 nitrogen and oxygen atoms in total. The van der Waals surface area contributed by atoms with E-state index in [-0.39, 0.29) is 18.4 Å². The van der Waals surface area contributed by atoms with Crippen molar-refractivity contribution in [2.24, 2.45) is 5.41 Å². The van der Waals surface area contributed by atoms with Gasteiger partial charge in [-0.2, -0.15) is 0 Å². The summed E-state index contributed by atoms with van der Waals surface area (Å²) in [5.41, 5.74) is 0.169. The van der Waals surface area contributed by atoms with Crippen molar-refractivity contribution < 1.29 is 19.2 Å². The molecule has 1 aromatic heterocycles. The number of aryl methyl sites for hydroxylation is 1. The van der Waals surface area contributed by atoms with Crippen molar-refractivity contribution in [3.8, 4) is 0 Å². The largest absolute Gasteiger partial charge is 0.481 e. The van der Waals surface area contributed by atoms with Gasteiger partial charge in [0.1, 0.15) is 5.56 Å². The lowest BCUT2D eigenvalue weighted by molar-refractivity contribution is -0.153. The molecule has 2 N–H and O–H groups in total. The maximum atomic E-state index is 12.3. The molecule has 1 aromatic rings. The van der Waals surface area contributed by atoms with Crippen LogP contribution in [0.15, 0.2) is 4.52 Å². The van der Waals surface area contributed by atoms with E-state index in [4.69, 9.17) is 4.52 Å². The van der Waals surface area contributed by atoms with Crippen molar-refractivity contribution in [1.82, 2.24) is 10.5 Å². The minimum absolute atomic E-state index is 0.0501. The van der Waals surface area contributed by atoms with Gasteiger partial charge >= 0.3 is 5.97 Å².